The molecule has 2 aliphatic rings. The third-order valence-electron chi connectivity index (χ3n) is 6.21. The third kappa shape index (κ3) is 4.33. The van der Waals surface area contributed by atoms with Crippen LogP contribution >= 0.6 is 12.3 Å². The van der Waals surface area contributed by atoms with Crippen molar-refractivity contribution in [3.8, 4) is 11.3 Å². The van der Waals surface area contributed by atoms with Gasteiger partial charge in [0.15, 0.2) is 23.8 Å². The number of carbonyl (C=O) groups excluding carboxylic acids is 2. The molecule has 4 rings (SSSR count). The van der Waals surface area contributed by atoms with Gasteiger partial charge in [-0.1, -0.05) is 6.58 Å². The number of nitrogens with zero attached hydrogens (tertiary/aromatic N) is 4. The fraction of sp³-hybridized carbons (Fsp3) is 0.455. The number of methoxy groups -OCH3 is 1. The molecule has 1 aliphatic carbocycles. The molecule has 8 nitrogen and oxygen atoms in total. The Bertz CT molecular complexity index is 1100. The van der Waals surface area contributed by atoms with Gasteiger partial charge in [-0.3, -0.25) is 9.59 Å². The molecule has 0 aromatic carbocycles. The molecule has 2 aromatic rings. The minimum absolute atomic E-state index is 0.000611. The van der Waals surface area contributed by atoms with E-state index in [2.05, 4.69) is 16.7 Å². The van der Waals surface area contributed by atoms with Crippen LogP contribution in [0.15, 0.2) is 24.9 Å². The van der Waals surface area contributed by atoms with Crippen molar-refractivity contribution < 1.29 is 27.3 Å². The maximum absolute atomic E-state index is 14.6. The molecule has 2 aromatic heterocycles. The van der Waals surface area contributed by atoms with E-state index in [1.165, 1.54) is 19.2 Å². The number of halogens is 2. The van der Waals surface area contributed by atoms with Crippen LogP contribution in [0, 0.1) is 11.7 Å². The summed E-state index contributed by atoms with van der Waals surface area (Å²) in [4.78, 5) is 31.0. The monoisotopic (exact) mass is 478 g/mol. The lowest BCUT2D eigenvalue weighted by Crippen LogP contribution is -2.49. The predicted octanol–water partition coefficient (Wildman–Crippen LogP) is 4.03. The van der Waals surface area contributed by atoms with Crippen LogP contribution in [0.2, 0.25) is 0 Å². The van der Waals surface area contributed by atoms with Crippen LogP contribution in [-0.2, 0) is 14.3 Å². The van der Waals surface area contributed by atoms with E-state index in [1.54, 1.807) is 11.8 Å². The third-order valence-corrected chi connectivity index (χ3v) is 6.61. The van der Waals surface area contributed by atoms with Gasteiger partial charge in [0.1, 0.15) is 11.5 Å². The molecule has 1 amide bonds. The average Bonchev–Trinajstić information content (AvgIpc) is 3.44. The van der Waals surface area contributed by atoms with Gasteiger partial charge >= 0.3 is 5.97 Å². The van der Waals surface area contributed by atoms with E-state index in [4.69, 9.17) is 9.47 Å². The number of piperidine rings is 1. The Hall–Kier alpha value is -2.95. The molecule has 3 heterocycles. The van der Waals surface area contributed by atoms with Gasteiger partial charge in [0, 0.05) is 17.6 Å². The van der Waals surface area contributed by atoms with Crippen LogP contribution in [0.4, 0.5) is 8.28 Å². The molecule has 0 bridgehead atoms. The molecule has 1 aliphatic heterocycles. The molecule has 1 spiro atoms. The molecular weight excluding hydrogens is 454 g/mol. The summed E-state index contributed by atoms with van der Waals surface area (Å²) in [6, 6.07) is 2.75. The zero-order chi connectivity index (χ0) is 23.8. The van der Waals surface area contributed by atoms with Crippen molar-refractivity contribution in [2.24, 2.45) is 5.92 Å². The molecule has 1 saturated heterocycles. The van der Waals surface area contributed by atoms with Crippen LogP contribution < -0.4 is 0 Å². The topological polar surface area (TPSA) is 86.5 Å². The largest absolute Gasteiger partial charge is 0.492 e. The second kappa shape index (κ2) is 9.12. The first-order chi connectivity index (χ1) is 15.8. The molecule has 1 unspecified atom stereocenters. The molecule has 0 radical (unpaired) electrons. The first-order valence-electron chi connectivity index (χ1n) is 10.6. The average molecular weight is 479 g/mol. The lowest BCUT2D eigenvalue weighted by Gasteiger charge is -2.38. The number of amides is 1. The van der Waals surface area contributed by atoms with Crippen LogP contribution in [0.1, 0.15) is 48.8 Å². The lowest BCUT2D eigenvalue weighted by atomic mass is 9.88. The van der Waals surface area contributed by atoms with E-state index >= 15 is 0 Å². The standard InChI is InChI=1S/C22H24F2N4O4S/c1-4-32-13(2)17-9-15(16(23)12-25-17)19-10-18(26-28(19)33-24)20(29)27-8-5-14(21(30)31-3)11-22(27)6-7-22/h9-10,12,14H,2,4-8,11H2,1,3H3. The highest BCUT2D eigenvalue weighted by atomic mass is 32.2. The Balaban J connectivity index is 1.63. The van der Waals surface area contributed by atoms with Gasteiger partial charge in [0.25, 0.3) is 5.91 Å². The van der Waals surface area contributed by atoms with E-state index in [-0.39, 0.29) is 52.8 Å². The molecular formula is C22H24F2N4O4S. The number of ether oxygens (including phenoxy) is 2. The molecule has 1 atom stereocenters. The van der Waals surface area contributed by atoms with E-state index in [0.29, 0.717) is 31.7 Å². The van der Waals surface area contributed by atoms with Gasteiger partial charge in [-0.25, -0.2) is 9.37 Å². The number of carbonyl (C=O) groups is 2. The van der Waals surface area contributed by atoms with Crippen molar-refractivity contribution in [2.45, 2.75) is 38.1 Å². The summed E-state index contributed by atoms with van der Waals surface area (Å²) < 4.78 is 39.4. The quantitative estimate of drug-likeness (QED) is 0.439. The van der Waals surface area contributed by atoms with Gasteiger partial charge in [-0.2, -0.15) is 9.19 Å². The number of hydrogen-bond acceptors (Lipinski definition) is 7. The SMILES string of the molecule is C=C(OCC)c1cc(-c2cc(C(=O)N3CCC(C(=O)OC)CC34CC4)nn2SF)c(F)cn1. The predicted molar refractivity (Wildman–Crippen MR) is 118 cm³/mol. The van der Waals surface area contributed by atoms with Gasteiger partial charge in [0.05, 0.1) is 31.5 Å². The van der Waals surface area contributed by atoms with Crippen molar-refractivity contribution in [3.05, 3.63) is 42.1 Å². The van der Waals surface area contributed by atoms with Crippen molar-refractivity contribution in [3.63, 3.8) is 0 Å². The highest BCUT2D eigenvalue weighted by Gasteiger charge is 2.55. The Kier molecular flexibility index (Phi) is 6.42. The van der Waals surface area contributed by atoms with Crippen LogP contribution in [0.5, 0.6) is 0 Å². The number of aromatic nitrogens is 3. The Labute approximate surface area is 194 Å². The second-order valence-electron chi connectivity index (χ2n) is 8.16. The number of likely N-dealkylation sites (tertiary alicyclic amines) is 1. The first kappa shape index (κ1) is 23.2. The zero-order valence-corrected chi connectivity index (χ0v) is 19.2. The van der Waals surface area contributed by atoms with Gasteiger partial charge in [0.2, 0.25) is 0 Å². The highest BCUT2D eigenvalue weighted by molar-refractivity contribution is 7.92. The summed E-state index contributed by atoms with van der Waals surface area (Å²) in [6.07, 6.45) is 3.55. The molecule has 33 heavy (non-hydrogen) atoms. The van der Waals surface area contributed by atoms with Gasteiger partial charge in [-0.15, -0.1) is 3.89 Å². The number of hydrogen-bond donors (Lipinski definition) is 0. The minimum Gasteiger partial charge on any atom is -0.492 e. The number of esters is 1. The van der Waals surface area contributed by atoms with Crippen molar-refractivity contribution >= 4 is 30.0 Å². The fourth-order valence-electron chi connectivity index (χ4n) is 4.37. The summed E-state index contributed by atoms with van der Waals surface area (Å²) in [7, 11) is 1.36. The number of pyridine rings is 1. The summed E-state index contributed by atoms with van der Waals surface area (Å²) in [5.41, 5.74) is -0.0294. The van der Waals surface area contributed by atoms with Crippen LogP contribution in [0.3, 0.4) is 0 Å². The van der Waals surface area contributed by atoms with E-state index in [1.807, 2.05) is 0 Å². The van der Waals surface area contributed by atoms with Crippen molar-refractivity contribution in [1.29, 1.82) is 0 Å². The van der Waals surface area contributed by atoms with Crippen molar-refractivity contribution in [1.82, 2.24) is 19.1 Å². The Morgan fingerprint density at radius 1 is 1.33 bits per heavy atom. The summed E-state index contributed by atoms with van der Waals surface area (Å²) in [5.74, 6) is -1.35. The molecule has 2 fully saturated rings. The Morgan fingerprint density at radius 3 is 2.73 bits per heavy atom. The summed E-state index contributed by atoms with van der Waals surface area (Å²) in [6.45, 7) is 6.27. The van der Waals surface area contributed by atoms with Gasteiger partial charge in [-0.05, 0) is 44.7 Å². The summed E-state index contributed by atoms with van der Waals surface area (Å²) in [5, 5.41) is 4.08. The maximum atomic E-state index is 14.6. The van der Waals surface area contributed by atoms with Crippen LogP contribution in [-0.4, -0.2) is 56.7 Å². The Morgan fingerprint density at radius 2 is 2.09 bits per heavy atom. The molecule has 176 valence electrons. The first-order valence-corrected chi connectivity index (χ1v) is 11.3. The molecule has 0 N–H and O–H groups in total. The van der Waals surface area contributed by atoms with E-state index in [0.717, 1.165) is 23.1 Å². The van der Waals surface area contributed by atoms with Crippen molar-refractivity contribution in [2.75, 3.05) is 20.3 Å². The summed E-state index contributed by atoms with van der Waals surface area (Å²) >= 11 is -0.236. The number of rotatable bonds is 7. The van der Waals surface area contributed by atoms with E-state index < -0.39 is 11.4 Å². The van der Waals surface area contributed by atoms with Gasteiger partial charge < -0.3 is 14.4 Å². The molecule has 1 saturated carbocycles. The minimum atomic E-state index is -0.699. The normalized spacial score (nSPS) is 18.8. The smallest absolute Gasteiger partial charge is 0.308 e. The second-order valence-corrected chi connectivity index (χ2v) is 8.64. The lowest BCUT2D eigenvalue weighted by molar-refractivity contribution is -0.147. The van der Waals surface area contributed by atoms with Crippen LogP contribution in [0.25, 0.3) is 17.0 Å². The zero-order valence-electron chi connectivity index (χ0n) is 18.3. The molecule has 11 heteroatoms. The fourth-order valence-corrected chi connectivity index (χ4v) is 4.72. The van der Waals surface area contributed by atoms with E-state index in [9.17, 15) is 17.9 Å². The maximum Gasteiger partial charge on any atom is 0.308 e. The highest BCUT2D eigenvalue weighted by Crippen LogP contribution is 2.50.